The Kier molecular flexibility index (Phi) is 11.9. The largest absolute Gasteiger partial charge is 0.466 e. The molecule has 0 spiro atoms. The number of esters is 1. The Morgan fingerprint density at radius 1 is 1.33 bits per heavy atom. The first-order valence-electron chi connectivity index (χ1n) is 5.42. The van der Waals surface area contributed by atoms with Crippen LogP contribution in [0.2, 0.25) is 0 Å². The van der Waals surface area contributed by atoms with E-state index >= 15 is 0 Å². The minimum atomic E-state index is -0.440. The molecule has 0 atom stereocenters. The normalized spacial score (nSPS) is 8.28. The topological polar surface area (TPSA) is 118 Å². The maximum Gasteiger partial charge on any atom is 0.313 e. The molecule has 0 aliphatic rings. The van der Waals surface area contributed by atoms with Crippen molar-refractivity contribution < 1.29 is 14.3 Å². The van der Waals surface area contributed by atoms with Gasteiger partial charge in [0.15, 0.2) is 0 Å². The minimum absolute atomic E-state index is 0.0718. The average molecular weight is 259 g/mol. The summed E-state index contributed by atoms with van der Waals surface area (Å²) in [5, 5.41) is 5.02. The van der Waals surface area contributed by atoms with Gasteiger partial charge in [0.2, 0.25) is 0 Å². The van der Waals surface area contributed by atoms with E-state index in [4.69, 9.17) is 0 Å². The summed E-state index contributed by atoms with van der Waals surface area (Å²) in [6.07, 6.45) is -0.103. The number of ether oxygens (including phenoxy) is 1. The first-order chi connectivity index (χ1) is 8.45. The zero-order valence-electron chi connectivity index (χ0n) is 11.2. The van der Waals surface area contributed by atoms with Gasteiger partial charge in [0.25, 0.3) is 5.56 Å². The molecule has 1 rings (SSSR count). The molecule has 18 heavy (non-hydrogen) atoms. The van der Waals surface area contributed by atoms with E-state index in [-0.39, 0.29) is 17.8 Å². The molecule has 0 saturated heterocycles. The van der Waals surface area contributed by atoms with Crippen LogP contribution in [0.3, 0.4) is 0 Å². The summed E-state index contributed by atoms with van der Waals surface area (Å²) in [4.78, 5) is 30.8. The summed E-state index contributed by atoms with van der Waals surface area (Å²) < 4.78 is 4.49. The van der Waals surface area contributed by atoms with Crippen LogP contribution in [0, 0.1) is 6.92 Å². The van der Waals surface area contributed by atoms with E-state index in [1.165, 1.54) is 20.0 Å². The van der Waals surface area contributed by atoms with Gasteiger partial charge in [-0.3, -0.25) is 19.5 Å². The maximum atomic E-state index is 10.4. The van der Waals surface area contributed by atoms with Crippen molar-refractivity contribution in [1.82, 2.24) is 10.2 Å². The Labute approximate surface area is 106 Å². The second kappa shape index (κ2) is 11.6. The molecule has 0 fully saturated rings. The monoisotopic (exact) mass is 259 g/mol. The van der Waals surface area contributed by atoms with E-state index < -0.39 is 5.97 Å². The molecule has 0 radical (unpaired) electrons. The predicted octanol–water partition coefficient (Wildman–Crippen LogP) is 0.115. The first kappa shape index (κ1) is 18.5. The van der Waals surface area contributed by atoms with Gasteiger partial charge < -0.3 is 15.6 Å². The molecule has 104 valence electrons. The molecule has 0 aliphatic carbocycles. The number of carbonyl (C=O) groups is 2. The highest BCUT2D eigenvalue weighted by molar-refractivity contribution is 5.94. The van der Waals surface area contributed by atoms with E-state index in [0.29, 0.717) is 6.61 Å². The Balaban J connectivity index is 0. The van der Waals surface area contributed by atoms with Crippen molar-refractivity contribution in [2.75, 3.05) is 13.7 Å². The summed E-state index contributed by atoms with van der Waals surface area (Å²) in [6.45, 7) is 5.22. The summed E-state index contributed by atoms with van der Waals surface area (Å²) in [5.41, 5.74) is 5.29. The van der Waals surface area contributed by atoms with Gasteiger partial charge in [-0.25, -0.2) is 0 Å². The SMILES string of the molecule is CCOC(=O)CC(C)=O.CN.Cc1cc(=O)[nH][nH]1. The Morgan fingerprint density at radius 3 is 2.11 bits per heavy atom. The van der Waals surface area contributed by atoms with Crippen LogP contribution in [-0.4, -0.2) is 35.6 Å². The Morgan fingerprint density at radius 2 is 1.89 bits per heavy atom. The molecular formula is C11H21N3O4. The number of aromatic amines is 2. The van der Waals surface area contributed by atoms with Crippen molar-refractivity contribution in [2.24, 2.45) is 5.73 Å². The van der Waals surface area contributed by atoms with Crippen molar-refractivity contribution in [3.63, 3.8) is 0 Å². The van der Waals surface area contributed by atoms with Crippen LogP contribution in [0.25, 0.3) is 0 Å². The second-order valence-corrected chi connectivity index (χ2v) is 3.13. The standard InChI is InChI=1S/C6H10O3.C4H6N2O.CH5N/c1-3-9-6(8)4-5(2)7;1-3-2-4(7)6-5-3;1-2/h3-4H2,1-2H3;2H,1H3,(H2,5,6,7);2H2,1H3. The third-order valence-electron chi connectivity index (χ3n) is 1.43. The third kappa shape index (κ3) is 12.2. The zero-order chi connectivity index (χ0) is 14.6. The van der Waals surface area contributed by atoms with Crippen LogP contribution in [0.4, 0.5) is 0 Å². The number of ketones is 1. The first-order valence-corrected chi connectivity index (χ1v) is 5.42. The van der Waals surface area contributed by atoms with Crippen LogP contribution in [0.15, 0.2) is 10.9 Å². The van der Waals surface area contributed by atoms with Gasteiger partial charge in [-0.2, -0.15) is 0 Å². The van der Waals surface area contributed by atoms with Gasteiger partial charge in [0.1, 0.15) is 12.2 Å². The fourth-order valence-electron chi connectivity index (χ4n) is 0.844. The number of rotatable bonds is 3. The molecule has 0 bridgehead atoms. The fraction of sp³-hybridized carbons (Fsp3) is 0.545. The van der Waals surface area contributed by atoms with Gasteiger partial charge in [0, 0.05) is 11.8 Å². The molecular weight excluding hydrogens is 238 g/mol. The zero-order valence-corrected chi connectivity index (χ0v) is 11.2. The van der Waals surface area contributed by atoms with E-state index in [1.54, 1.807) is 6.92 Å². The molecule has 7 nitrogen and oxygen atoms in total. The van der Waals surface area contributed by atoms with Crippen LogP contribution in [0.1, 0.15) is 26.0 Å². The lowest BCUT2D eigenvalue weighted by Crippen LogP contribution is -2.07. The predicted molar refractivity (Wildman–Crippen MR) is 68.2 cm³/mol. The number of aryl methyl sites for hydroxylation is 1. The molecule has 1 aromatic rings. The lowest BCUT2D eigenvalue weighted by molar-refractivity contribution is -0.145. The molecule has 0 amide bonds. The van der Waals surface area contributed by atoms with Gasteiger partial charge in [-0.15, -0.1) is 0 Å². The highest BCUT2D eigenvalue weighted by atomic mass is 16.5. The number of nitrogens with one attached hydrogen (secondary N) is 2. The van der Waals surface area contributed by atoms with Gasteiger partial charge in [-0.05, 0) is 27.8 Å². The van der Waals surface area contributed by atoms with Crippen molar-refractivity contribution in [1.29, 1.82) is 0 Å². The third-order valence-corrected chi connectivity index (χ3v) is 1.43. The highest BCUT2D eigenvalue weighted by Gasteiger charge is 2.03. The Hall–Kier alpha value is -1.89. The number of carbonyl (C=O) groups excluding carboxylic acids is 2. The summed E-state index contributed by atoms with van der Waals surface area (Å²) in [5.74, 6) is -0.599. The van der Waals surface area contributed by atoms with Gasteiger partial charge in [0.05, 0.1) is 6.61 Å². The summed E-state index contributed by atoms with van der Waals surface area (Å²) in [6, 6.07) is 1.50. The van der Waals surface area contributed by atoms with Crippen molar-refractivity contribution >= 4 is 11.8 Å². The number of hydrogen-bond acceptors (Lipinski definition) is 5. The molecule has 1 aromatic heterocycles. The van der Waals surface area contributed by atoms with E-state index in [9.17, 15) is 14.4 Å². The van der Waals surface area contributed by atoms with E-state index in [2.05, 4.69) is 20.7 Å². The molecule has 0 aliphatic heterocycles. The van der Waals surface area contributed by atoms with Crippen molar-refractivity contribution in [2.45, 2.75) is 27.2 Å². The second-order valence-electron chi connectivity index (χ2n) is 3.13. The summed E-state index contributed by atoms with van der Waals surface area (Å²) >= 11 is 0. The van der Waals surface area contributed by atoms with Crippen LogP contribution < -0.4 is 11.3 Å². The minimum Gasteiger partial charge on any atom is -0.466 e. The van der Waals surface area contributed by atoms with Crippen LogP contribution in [-0.2, 0) is 14.3 Å². The maximum absolute atomic E-state index is 10.4. The molecule has 0 unspecified atom stereocenters. The number of H-pyrrole nitrogens is 2. The van der Waals surface area contributed by atoms with Crippen molar-refractivity contribution in [3.8, 4) is 0 Å². The molecule has 4 N–H and O–H groups in total. The van der Waals surface area contributed by atoms with E-state index in [0.717, 1.165) is 5.69 Å². The number of hydrogen-bond donors (Lipinski definition) is 3. The number of Topliss-reactive ketones (excluding diaryl/α,β-unsaturated/α-hetero) is 1. The molecule has 1 heterocycles. The summed E-state index contributed by atoms with van der Waals surface area (Å²) in [7, 11) is 1.50. The molecule has 0 aromatic carbocycles. The number of aromatic nitrogens is 2. The van der Waals surface area contributed by atoms with Crippen LogP contribution >= 0.6 is 0 Å². The smallest absolute Gasteiger partial charge is 0.313 e. The quantitative estimate of drug-likeness (QED) is 0.526. The number of nitrogens with two attached hydrogens (primary N) is 1. The average Bonchev–Trinajstić information content (AvgIpc) is 2.65. The van der Waals surface area contributed by atoms with Gasteiger partial charge >= 0.3 is 5.97 Å². The molecule has 7 heteroatoms. The highest BCUT2D eigenvalue weighted by Crippen LogP contribution is 1.86. The molecule has 0 saturated carbocycles. The van der Waals surface area contributed by atoms with Gasteiger partial charge in [-0.1, -0.05) is 0 Å². The lowest BCUT2D eigenvalue weighted by atomic mass is 10.3. The Bertz CT molecular complexity index is 395. The van der Waals surface area contributed by atoms with E-state index in [1.807, 2.05) is 6.92 Å². The lowest BCUT2D eigenvalue weighted by Gasteiger charge is -1.96. The fourth-order valence-corrected chi connectivity index (χ4v) is 0.844. The van der Waals surface area contributed by atoms with Crippen LogP contribution in [0.5, 0.6) is 0 Å². The van der Waals surface area contributed by atoms with Crippen molar-refractivity contribution in [3.05, 3.63) is 22.1 Å².